The highest BCUT2D eigenvalue weighted by Gasteiger charge is 2.45. The van der Waals surface area contributed by atoms with E-state index in [1.807, 2.05) is 20.8 Å². The predicted molar refractivity (Wildman–Crippen MR) is 129 cm³/mol. The number of aliphatic imine (C=N–C) groups is 2. The molecule has 0 unspecified atom stereocenters. The lowest BCUT2D eigenvalue weighted by molar-refractivity contribution is 0.0126. The molecule has 4 rings (SSSR count). The van der Waals surface area contributed by atoms with E-state index in [0.717, 1.165) is 19.3 Å². The van der Waals surface area contributed by atoms with Crippen molar-refractivity contribution in [3.8, 4) is 5.75 Å². The summed E-state index contributed by atoms with van der Waals surface area (Å²) in [7, 11) is 0. The lowest BCUT2D eigenvalue weighted by Gasteiger charge is -2.46. The summed E-state index contributed by atoms with van der Waals surface area (Å²) in [6, 6.07) is 4.75. The highest BCUT2D eigenvalue weighted by Crippen LogP contribution is 2.44. The Morgan fingerprint density at radius 1 is 1.15 bits per heavy atom. The number of amides is 1. The second-order valence-corrected chi connectivity index (χ2v) is 10.2. The minimum atomic E-state index is -0.769. The third-order valence-electron chi connectivity index (χ3n) is 6.41. The maximum absolute atomic E-state index is 15.3. The van der Waals surface area contributed by atoms with E-state index in [9.17, 15) is 4.79 Å². The zero-order chi connectivity index (χ0) is 24.5. The lowest BCUT2D eigenvalue weighted by atomic mass is 9.87. The molecule has 2 aliphatic heterocycles. The molecule has 0 bridgehead atoms. The molecular formula is C24H35FN6O3. The van der Waals surface area contributed by atoms with Crippen LogP contribution in [-0.2, 0) is 4.74 Å². The Hall–Kier alpha value is -3.04. The van der Waals surface area contributed by atoms with Gasteiger partial charge >= 0.3 is 6.09 Å². The van der Waals surface area contributed by atoms with Gasteiger partial charge in [0.2, 0.25) is 11.9 Å². The van der Waals surface area contributed by atoms with Crippen LogP contribution in [0.2, 0.25) is 0 Å². The van der Waals surface area contributed by atoms with E-state index < -0.39 is 17.1 Å². The van der Waals surface area contributed by atoms with Gasteiger partial charge in [0.15, 0.2) is 5.82 Å². The van der Waals surface area contributed by atoms with Crippen molar-refractivity contribution in [1.29, 1.82) is 0 Å². The van der Waals surface area contributed by atoms with Gasteiger partial charge in [0, 0.05) is 25.9 Å². The summed E-state index contributed by atoms with van der Waals surface area (Å²) in [6.45, 7) is 6.54. The highest BCUT2D eigenvalue weighted by molar-refractivity contribution is 6.06. The van der Waals surface area contributed by atoms with E-state index >= 15 is 4.39 Å². The second kappa shape index (κ2) is 9.31. The number of ether oxygens (including phenoxy) is 2. The average Bonchev–Trinajstić information content (AvgIpc) is 2.75. The fourth-order valence-corrected chi connectivity index (χ4v) is 4.91. The van der Waals surface area contributed by atoms with Crippen molar-refractivity contribution in [2.24, 2.45) is 21.5 Å². The van der Waals surface area contributed by atoms with E-state index in [2.05, 4.69) is 9.98 Å². The lowest BCUT2D eigenvalue weighted by Crippen LogP contribution is -2.58. The van der Waals surface area contributed by atoms with Crippen LogP contribution in [0.25, 0.3) is 0 Å². The van der Waals surface area contributed by atoms with Crippen LogP contribution >= 0.6 is 0 Å². The largest absolute Gasteiger partial charge is 0.488 e. The fraction of sp³-hybridized carbons (Fsp3) is 0.625. The summed E-state index contributed by atoms with van der Waals surface area (Å²) in [5.74, 6) is 0.157. The van der Waals surface area contributed by atoms with Crippen LogP contribution in [0.3, 0.4) is 0 Å². The Bertz CT molecular complexity index is 975. The smallest absolute Gasteiger partial charge is 0.410 e. The number of halogens is 1. The molecule has 10 heteroatoms. The maximum atomic E-state index is 15.3. The summed E-state index contributed by atoms with van der Waals surface area (Å²) in [5.41, 5.74) is 11.2. The number of guanidine groups is 2. The summed E-state index contributed by atoms with van der Waals surface area (Å²) < 4.78 is 27.1. The van der Waals surface area contributed by atoms with Gasteiger partial charge in [-0.1, -0.05) is 12.5 Å². The molecule has 2 heterocycles. The highest BCUT2D eigenvalue weighted by atomic mass is 19.1. The number of nitrogens with two attached hydrogens (primary N) is 2. The number of para-hydroxylation sites is 1. The first-order valence-electron chi connectivity index (χ1n) is 12.0. The molecule has 0 atom stereocenters. The molecule has 1 amide bonds. The zero-order valence-corrected chi connectivity index (χ0v) is 20.2. The van der Waals surface area contributed by atoms with Gasteiger partial charge in [0.25, 0.3) is 0 Å². The molecular weight excluding hydrogens is 439 g/mol. The minimum Gasteiger partial charge on any atom is -0.488 e. The van der Waals surface area contributed by atoms with Crippen LogP contribution in [0, 0.1) is 5.82 Å². The number of nitrogens with zero attached hydrogens (tertiary/aromatic N) is 4. The number of benzene rings is 1. The van der Waals surface area contributed by atoms with Crippen LogP contribution in [0.15, 0.2) is 28.2 Å². The molecule has 1 aliphatic carbocycles. The van der Waals surface area contributed by atoms with Gasteiger partial charge < -0.3 is 25.8 Å². The molecule has 1 saturated carbocycles. The number of rotatable bonds is 3. The molecule has 1 spiro atoms. The van der Waals surface area contributed by atoms with Crippen LogP contribution in [0.4, 0.5) is 14.9 Å². The standard InChI is InChI=1S/C24H35FN6O3/c1-23(2,3)34-22(32)30-14-10-16(11-15-30)33-18-9-7-8-17(25)19(18)31-21(27)28-20(26)29-24(31)12-5-4-6-13-24/h7-9,16H,4-6,10-15H2,1-3H3,(H4,26,27,28,29). The van der Waals surface area contributed by atoms with Crippen molar-refractivity contribution in [2.75, 3.05) is 18.0 Å². The molecule has 3 aliphatic rings. The number of hydrogen-bond acceptors (Lipinski definition) is 8. The molecule has 1 aromatic carbocycles. The van der Waals surface area contributed by atoms with E-state index in [0.29, 0.717) is 44.5 Å². The summed E-state index contributed by atoms with van der Waals surface area (Å²) in [5, 5.41) is 0. The molecule has 9 nitrogen and oxygen atoms in total. The van der Waals surface area contributed by atoms with E-state index in [-0.39, 0.29) is 29.8 Å². The number of piperidine rings is 1. The topological polar surface area (TPSA) is 119 Å². The summed E-state index contributed by atoms with van der Waals surface area (Å²) in [6.07, 6.45) is 5.06. The first kappa shape index (κ1) is 24.1. The normalized spacial score (nSPS) is 21.2. The number of hydrogen-bond donors (Lipinski definition) is 2. The number of likely N-dealkylation sites (tertiary alicyclic amines) is 1. The molecule has 34 heavy (non-hydrogen) atoms. The third kappa shape index (κ3) is 5.05. The Balaban J connectivity index is 1.54. The second-order valence-electron chi connectivity index (χ2n) is 10.2. The van der Waals surface area contributed by atoms with Gasteiger partial charge in [0.1, 0.15) is 28.8 Å². The molecule has 1 saturated heterocycles. The number of carbonyl (C=O) groups is 1. The SMILES string of the molecule is CC(C)(C)OC(=O)N1CCC(Oc2cccc(F)c2N2C(N)=NC(N)=NC23CCCCC3)CC1. The minimum absolute atomic E-state index is 0.115. The van der Waals surface area contributed by atoms with Crippen molar-refractivity contribution in [3.05, 3.63) is 24.0 Å². The predicted octanol–water partition coefficient (Wildman–Crippen LogP) is 3.71. The Morgan fingerprint density at radius 2 is 1.82 bits per heavy atom. The van der Waals surface area contributed by atoms with Gasteiger partial charge in [0.05, 0.1) is 0 Å². The Labute approximate surface area is 200 Å². The van der Waals surface area contributed by atoms with Crippen molar-refractivity contribution in [2.45, 2.75) is 83.1 Å². The van der Waals surface area contributed by atoms with Crippen LogP contribution in [0.5, 0.6) is 5.75 Å². The average molecular weight is 475 g/mol. The molecule has 0 aromatic heterocycles. The van der Waals surface area contributed by atoms with Gasteiger partial charge in [-0.15, -0.1) is 0 Å². The van der Waals surface area contributed by atoms with E-state index in [1.165, 1.54) is 6.07 Å². The first-order valence-corrected chi connectivity index (χ1v) is 12.0. The van der Waals surface area contributed by atoms with Gasteiger partial charge in [-0.25, -0.2) is 14.2 Å². The number of anilines is 1. The third-order valence-corrected chi connectivity index (χ3v) is 6.41. The van der Waals surface area contributed by atoms with E-state index in [1.54, 1.807) is 21.9 Å². The van der Waals surface area contributed by atoms with Crippen LogP contribution in [0.1, 0.15) is 65.7 Å². The van der Waals surface area contributed by atoms with Crippen molar-refractivity contribution in [3.63, 3.8) is 0 Å². The van der Waals surface area contributed by atoms with Crippen molar-refractivity contribution >= 4 is 23.7 Å². The number of carbonyl (C=O) groups excluding carboxylic acids is 1. The van der Waals surface area contributed by atoms with Gasteiger partial charge in [-0.05, 0) is 58.6 Å². The summed E-state index contributed by atoms with van der Waals surface area (Å²) in [4.78, 5) is 24.5. The quantitative estimate of drug-likeness (QED) is 0.689. The molecule has 186 valence electrons. The molecule has 2 fully saturated rings. The van der Waals surface area contributed by atoms with Crippen molar-refractivity contribution in [1.82, 2.24) is 4.90 Å². The van der Waals surface area contributed by atoms with Gasteiger partial charge in [-0.2, -0.15) is 4.99 Å². The fourth-order valence-electron chi connectivity index (χ4n) is 4.91. The zero-order valence-electron chi connectivity index (χ0n) is 20.2. The van der Waals surface area contributed by atoms with Crippen molar-refractivity contribution < 1.29 is 18.7 Å². The monoisotopic (exact) mass is 474 g/mol. The summed E-state index contributed by atoms with van der Waals surface area (Å²) >= 11 is 0. The molecule has 0 radical (unpaired) electrons. The van der Waals surface area contributed by atoms with E-state index in [4.69, 9.17) is 20.9 Å². The Morgan fingerprint density at radius 3 is 2.47 bits per heavy atom. The Kier molecular flexibility index (Phi) is 6.60. The molecule has 1 aromatic rings. The van der Waals surface area contributed by atoms with Crippen LogP contribution < -0.4 is 21.1 Å². The maximum Gasteiger partial charge on any atom is 0.410 e. The van der Waals surface area contributed by atoms with Crippen LogP contribution in [-0.4, -0.2) is 53.4 Å². The molecule has 4 N–H and O–H groups in total. The van der Waals surface area contributed by atoms with Gasteiger partial charge in [-0.3, -0.25) is 4.90 Å². The first-order chi connectivity index (χ1) is 16.1.